The van der Waals surface area contributed by atoms with Crippen LogP contribution in [-0.2, 0) is 20.0 Å². The highest BCUT2D eigenvalue weighted by Gasteiger charge is 2.31. The number of sulfonamides is 2. The maximum absolute atomic E-state index is 13.3. The summed E-state index contributed by atoms with van der Waals surface area (Å²) in [5.74, 6) is 0.499. The second kappa shape index (κ2) is 8.37. The van der Waals surface area contributed by atoms with Crippen molar-refractivity contribution >= 4 is 31.4 Å². The largest absolute Gasteiger partial charge is 0.489 e. The molecule has 3 aromatic rings. The molecule has 0 unspecified atom stereocenters. The van der Waals surface area contributed by atoms with Crippen molar-refractivity contribution < 1.29 is 35.4 Å². The van der Waals surface area contributed by atoms with E-state index in [4.69, 9.17) is 14.2 Å². The summed E-state index contributed by atoms with van der Waals surface area (Å²) in [6.45, 7) is 0.805. The van der Waals surface area contributed by atoms with Crippen LogP contribution in [-0.4, -0.2) is 43.2 Å². The first-order valence-electron chi connectivity index (χ1n) is 10.2. The highest BCUT2D eigenvalue weighted by atomic mass is 32.2. The van der Waals surface area contributed by atoms with E-state index < -0.39 is 25.9 Å². The molecule has 0 saturated carbocycles. The van der Waals surface area contributed by atoms with E-state index in [0.29, 0.717) is 24.7 Å². The molecule has 0 fully saturated rings. The maximum atomic E-state index is 13.3. The monoisotopic (exact) mass is 506 g/mol. The van der Waals surface area contributed by atoms with Crippen LogP contribution in [0.5, 0.6) is 17.2 Å². The summed E-state index contributed by atoms with van der Waals surface area (Å²) in [7, 11) is -8.06. The molecule has 34 heavy (non-hydrogen) atoms. The summed E-state index contributed by atoms with van der Waals surface area (Å²) in [6.07, 6.45) is 0. The number of nitrogens with one attached hydrogen (secondary N) is 1. The van der Waals surface area contributed by atoms with E-state index in [1.807, 2.05) is 0 Å². The van der Waals surface area contributed by atoms with Crippen LogP contribution in [0.3, 0.4) is 0 Å². The molecular weight excluding hydrogens is 487 g/mol. The van der Waals surface area contributed by atoms with E-state index in [1.54, 1.807) is 0 Å². The third kappa shape index (κ3) is 4.10. The van der Waals surface area contributed by atoms with Gasteiger partial charge in [0.25, 0.3) is 20.0 Å². The Morgan fingerprint density at radius 3 is 2.15 bits per heavy atom. The fraction of sp³-hybridized carbons (Fsp3) is 0.182. The zero-order valence-corrected chi connectivity index (χ0v) is 19.2. The van der Waals surface area contributed by atoms with Crippen molar-refractivity contribution in [3.8, 4) is 17.2 Å². The number of anilines is 2. The Morgan fingerprint density at radius 2 is 1.38 bits per heavy atom. The highest BCUT2D eigenvalue weighted by molar-refractivity contribution is 7.93. The topological polar surface area (TPSA) is 111 Å². The molecule has 0 aromatic heterocycles. The summed E-state index contributed by atoms with van der Waals surface area (Å²) in [5.41, 5.74) is 0.302. The summed E-state index contributed by atoms with van der Waals surface area (Å²) in [5, 5.41) is 0. The summed E-state index contributed by atoms with van der Waals surface area (Å²) in [4.78, 5) is -0.134. The van der Waals surface area contributed by atoms with Crippen LogP contribution < -0.4 is 23.2 Å². The lowest BCUT2D eigenvalue weighted by Crippen LogP contribution is -2.38. The van der Waals surface area contributed by atoms with Gasteiger partial charge in [-0.3, -0.25) is 9.03 Å². The fourth-order valence-electron chi connectivity index (χ4n) is 3.65. The zero-order valence-electron chi connectivity index (χ0n) is 17.6. The number of hydrogen-bond donors (Lipinski definition) is 1. The predicted molar refractivity (Wildman–Crippen MR) is 121 cm³/mol. The molecule has 2 aliphatic heterocycles. The van der Waals surface area contributed by atoms with Crippen LogP contribution in [0.15, 0.2) is 70.5 Å². The summed E-state index contributed by atoms with van der Waals surface area (Å²) < 4.78 is 85.7. The first-order valence-corrected chi connectivity index (χ1v) is 13.1. The highest BCUT2D eigenvalue weighted by Crippen LogP contribution is 2.38. The van der Waals surface area contributed by atoms with Crippen LogP contribution in [0.1, 0.15) is 0 Å². The Labute approximate surface area is 195 Å². The zero-order chi connectivity index (χ0) is 23.9. The molecule has 0 spiro atoms. The van der Waals surface area contributed by atoms with Gasteiger partial charge in [-0.25, -0.2) is 21.2 Å². The average Bonchev–Trinajstić information content (AvgIpc) is 2.83. The van der Waals surface area contributed by atoms with E-state index in [0.717, 1.165) is 16.4 Å². The van der Waals surface area contributed by atoms with Crippen molar-refractivity contribution in [2.75, 3.05) is 35.4 Å². The fourth-order valence-corrected chi connectivity index (χ4v) is 6.16. The third-order valence-corrected chi connectivity index (χ3v) is 8.46. The SMILES string of the molecule is O=S(=O)(Nc1ccc2c(c1)N(S(=O)(=O)c1ccc(F)cc1)CCO2)c1ccc2c(c1)OCCO2. The molecule has 2 aliphatic rings. The van der Waals surface area contributed by atoms with Crippen LogP contribution in [0, 0.1) is 5.82 Å². The Bertz CT molecular complexity index is 1460. The molecule has 12 heteroatoms. The van der Waals surface area contributed by atoms with Gasteiger partial charge in [0.2, 0.25) is 0 Å². The Morgan fingerprint density at radius 1 is 0.735 bits per heavy atom. The quantitative estimate of drug-likeness (QED) is 0.566. The average molecular weight is 507 g/mol. The van der Waals surface area contributed by atoms with Crippen LogP contribution in [0.25, 0.3) is 0 Å². The first-order chi connectivity index (χ1) is 16.2. The molecule has 9 nitrogen and oxygen atoms in total. The Kier molecular flexibility index (Phi) is 5.48. The van der Waals surface area contributed by atoms with Crippen molar-refractivity contribution in [3.05, 3.63) is 66.5 Å². The molecule has 178 valence electrons. The molecule has 0 amide bonds. The van der Waals surface area contributed by atoms with Crippen molar-refractivity contribution in [1.29, 1.82) is 0 Å². The molecule has 2 heterocycles. The minimum absolute atomic E-state index is 0.00503. The molecule has 1 N–H and O–H groups in total. The smallest absolute Gasteiger partial charge is 0.264 e. The van der Waals surface area contributed by atoms with Crippen molar-refractivity contribution in [1.82, 2.24) is 0 Å². The van der Waals surface area contributed by atoms with Gasteiger partial charge in [0, 0.05) is 6.07 Å². The molecule has 3 aromatic carbocycles. The number of benzene rings is 3. The Hall–Kier alpha value is -3.51. The third-order valence-electron chi connectivity index (χ3n) is 5.26. The second-order valence-electron chi connectivity index (χ2n) is 7.47. The number of nitrogens with zero attached hydrogens (tertiary/aromatic N) is 1. The number of ether oxygens (including phenoxy) is 3. The molecule has 0 radical (unpaired) electrons. The van der Waals surface area contributed by atoms with Crippen LogP contribution in [0.2, 0.25) is 0 Å². The lowest BCUT2D eigenvalue weighted by Gasteiger charge is -2.31. The van der Waals surface area contributed by atoms with Gasteiger partial charge in [-0.2, -0.15) is 0 Å². The van der Waals surface area contributed by atoms with E-state index in [2.05, 4.69) is 4.72 Å². The predicted octanol–water partition coefficient (Wildman–Crippen LogP) is 2.99. The van der Waals surface area contributed by atoms with E-state index in [1.165, 1.54) is 48.5 Å². The maximum Gasteiger partial charge on any atom is 0.264 e. The number of halogens is 1. The molecule has 5 rings (SSSR count). The number of fused-ring (bicyclic) bond motifs is 2. The minimum atomic E-state index is -4.04. The lowest BCUT2D eigenvalue weighted by atomic mass is 10.2. The van der Waals surface area contributed by atoms with Crippen molar-refractivity contribution in [2.45, 2.75) is 9.79 Å². The van der Waals surface area contributed by atoms with Gasteiger partial charge < -0.3 is 14.2 Å². The lowest BCUT2D eigenvalue weighted by molar-refractivity contribution is 0.171. The van der Waals surface area contributed by atoms with Gasteiger partial charge in [-0.15, -0.1) is 0 Å². The summed E-state index contributed by atoms with van der Waals surface area (Å²) >= 11 is 0. The minimum Gasteiger partial charge on any atom is -0.489 e. The van der Waals surface area contributed by atoms with Gasteiger partial charge >= 0.3 is 0 Å². The summed E-state index contributed by atoms with van der Waals surface area (Å²) in [6, 6.07) is 13.1. The van der Waals surface area contributed by atoms with E-state index in [9.17, 15) is 21.2 Å². The van der Waals surface area contributed by atoms with Gasteiger partial charge in [-0.05, 0) is 54.6 Å². The standard InChI is InChI=1S/C22H19FN2O7S2/c23-15-1-4-17(5-2-15)34(28,29)25-9-10-30-20-7-3-16(13-19(20)25)24-33(26,27)18-6-8-21-22(14-18)32-12-11-31-21/h1-8,13-14,24H,9-12H2. The van der Waals surface area contributed by atoms with Gasteiger partial charge in [0.05, 0.1) is 27.7 Å². The van der Waals surface area contributed by atoms with Gasteiger partial charge in [0.1, 0.15) is 31.4 Å². The van der Waals surface area contributed by atoms with Gasteiger partial charge in [-0.1, -0.05) is 0 Å². The number of rotatable bonds is 5. The molecule has 0 bridgehead atoms. The first kappa shape index (κ1) is 22.3. The molecule has 0 saturated heterocycles. The van der Waals surface area contributed by atoms with Crippen molar-refractivity contribution in [2.24, 2.45) is 0 Å². The Balaban J connectivity index is 1.47. The molecule has 0 aliphatic carbocycles. The number of hydrogen-bond acceptors (Lipinski definition) is 7. The molecular formula is C22H19FN2O7S2. The van der Waals surface area contributed by atoms with E-state index >= 15 is 0 Å². The van der Waals surface area contributed by atoms with Crippen LogP contribution in [0.4, 0.5) is 15.8 Å². The van der Waals surface area contributed by atoms with Crippen molar-refractivity contribution in [3.63, 3.8) is 0 Å². The second-order valence-corrected chi connectivity index (χ2v) is 11.0. The molecule has 0 atom stereocenters. The normalized spacial score (nSPS) is 15.3. The van der Waals surface area contributed by atoms with Gasteiger partial charge in [0.15, 0.2) is 11.5 Å². The van der Waals surface area contributed by atoms with Crippen LogP contribution >= 0.6 is 0 Å². The van der Waals surface area contributed by atoms with E-state index in [-0.39, 0.29) is 40.1 Å².